The molecule has 1 aromatic rings. The number of rotatable bonds is 2. The Kier molecular flexibility index (Phi) is 2.77. The van der Waals surface area contributed by atoms with Crippen LogP contribution in [0.2, 0.25) is 0 Å². The molecule has 84 valence electrons. The summed E-state index contributed by atoms with van der Waals surface area (Å²) in [6.45, 7) is 8.45. The summed E-state index contributed by atoms with van der Waals surface area (Å²) in [7, 11) is 0. The second-order valence-corrected chi connectivity index (χ2v) is 4.11. The van der Waals surface area contributed by atoms with Crippen molar-refractivity contribution in [2.24, 2.45) is 0 Å². The Hall–Kier alpha value is -1.30. The highest BCUT2D eigenvalue weighted by Crippen LogP contribution is 2.02. The maximum Gasteiger partial charge on any atom is 0.296 e. The lowest BCUT2D eigenvalue weighted by Crippen LogP contribution is -2.65. The minimum atomic E-state index is 0.348. The van der Waals surface area contributed by atoms with E-state index in [9.17, 15) is 0 Å². The fourth-order valence-electron chi connectivity index (χ4n) is 1.82. The number of nitrogens with zero attached hydrogens (tertiary/aromatic N) is 4. The zero-order chi connectivity index (χ0) is 10.8. The molecule has 2 heterocycles. The van der Waals surface area contributed by atoms with Crippen molar-refractivity contribution in [2.75, 3.05) is 36.9 Å². The Morgan fingerprint density at radius 2 is 2.07 bits per heavy atom. The zero-order valence-electron chi connectivity index (χ0n) is 9.26. The lowest BCUT2D eigenvalue weighted by atomic mass is 10.2. The number of nitrogens with two attached hydrogens (primary N) is 1. The van der Waals surface area contributed by atoms with E-state index in [0.29, 0.717) is 11.9 Å². The van der Waals surface area contributed by atoms with Crippen LogP contribution < -0.4 is 15.5 Å². The molecule has 0 amide bonds. The molecule has 1 aliphatic rings. The zero-order valence-corrected chi connectivity index (χ0v) is 9.26. The molecule has 0 unspecified atom stereocenters. The van der Waals surface area contributed by atoms with Crippen LogP contribution >= 0.6 is 0 Å². The van der Waals surface area contributed by atoms with Gasteiger partial charge < -0.3 is 5.73 Å². The summed E-state index contributed by atoms with van der Waals surface area (Å²) in [5.74, 6) is 0.348. The average molecular weight is 212 g/mol. The van der Waals surface area contributed by atoms with E-state index < -0.39 is 0 Å². The van der Waals surface area contributed by atoms with Gasteiger partial charge in [0.2, 0.25) is 5.27 Å². The van der Waals surface area contributed by atoms with Crippen LogP contribution in [0.25, 0.3) is 0 Å². The number of nitrogen functional groups attached to an aromatic ring is 1. The smallest absolute Gasteiger partial charge is 0.296 e. The van der Waals surface area contributed by atoms with Gasteiger partial charge in [-0.1, -0.05) is 0 Å². The third kappa shape index (κ3) is 2.20. The van der Waals surface area contributed by atoms with Crippen LogP contribution in [0.5, 0.6) is 0 Å². The second kappa shape index (κ2) is 4.06. The molecule has 2 rings (SSSR count). The molecular formula is C9H18N5O+. The number of hydrogen-bond acceptors (Lipinski definition) is 5. The molecule has 1 aliphatic heterocycles. The van der Waals surface area contributed by atoms with Crippen molar-refractivity contribution in [3.8, 4) is 0 Å². The molecule has 0 spiro atoms. The Morgan fingerprint density at radius 3 is 2.53 bits per heavy atom. The number of aromatic nitrogens is 2. The van der Waals surface area contributed by atoms with Crippen molar-refractivity contribution < 1.29 is 9.31 Å². The van der Waals surface area contributed by atoms with Gasteiger partial charge in [-0.25, -0.2) is 0 Å². The van der Waals surface area contributed by atoms with Crippen LogP contribution in [0.3, 0.4) is 0 Å². The fraction of sp³-hybridized carbons (Fsp3) is 0.778. The number of anilines is 1. The van der Waals surface area contributed by atoms with Gasteiger partial charge in [0, 0.05) is 19.1 Å². The molecule has 15 heavy (non-hydrogen) atoms. The normalized spacial score (nSPS) is 18.7. The van der Waals surface area contributed by atoms with Gasteiger partial charge in [-0.2, -0.15) is 5.01 Å². The molecule has 1 fully saturated rings. The minimum absolute atomic E-state index is 0.348. The van der Waals surface area contributed by atoms with Gasteiger partial charge in [0.15, 0.2) is 0 Å². The highest BCUT2D eigenvalue weighted by molar-refractivity contribution is 5.11. The van der Waals surface area contributed by atoms with Crippen molar-refractivity contribution in [3.63, 3.8) is 0 Å². The number of hydrogen-bond donors (Lipinski definition) is 1. The predicted octanol–water partition coefficient (Wildman–Crippen LogP) is -0.794. The van der Waals surface area contributed by atoms with E-state index in [0.717, 1.165) is 26.2 Å². The third-order valence-electron chi connectivity index (χ3n) is 2.78. The standard InChI is InChI=1S/C9H18N5O/c1-8(2)12-3-5-13(6-4-12)14-7-9(10)15-11-14/h7-8H,3-6,10H2,1-2H3/q+1. The molecule has 0 bridgehead atoms. The van der Waals surface area contributed by atoms with Gasteiger partial charge in [-0.15, -0.1) is 0 Å². The van der Waals surface area contributed by atoms with Crippen LogP contribution in [0.1, 0.15) is 13.8 Å². The molecule has 6 nitrogen and oxygen atoms in total. The van der Waals surface area contributed by atoms with Crippen molar-refractivity contribution in [1.82, 2.24) is 10.2 Å². The van der Waals surface area contributed by atoms with Gasteiger partial charge in [0.25, 0.3) is 12.1 Å². The summed E-state index contributed by atoms with van der Waals surface area (Å²) in [6, 6.07) is 0.611. The molecule has 1 aromatic heterocycles. The molecule has 0 radical (unpaired) electrons. The van der Waals surface area contributed by atoms with Crippen LogP contribution in [-0.2, 0) is 0 Å². The fourth-order valence-corrected chi connectivity index (χ4v) is 1.82. The summed E-state index contributed by atoms with van der Waals surface area (Å²) in [6.07, 6.45) is 1.70. The molecule has 1 saturated heterocycles. The van der Waals surface area contributed by atoms with E-state index in [1.807, 2.05) is 0 Å². The summed E-state index contributed by atoms with van der Waals surface area (Å²) < 4.78 is 4.83. The molecule has 0 saturated carbocycles. The molecule has 2 N–H and O–H groups in total. The van der Waals surface area contributed by atoms with E-state index >= 15 is 0 Å². The van der Waals surface area contributed by atoms with Gasteiger partial charge in [-0.3, -0.25) is 9.42 Å². The Labute approximate surface area is 89.2 Å². The Morgan fingerprint density at radius 1 is 1.40 bits per heavy atom. The second-order valence-electron chi connectivity index (χ2n) is 4.11. The van der Waals surface area contributed by atoms with E-state index in [4.69, 9.17) is 10.3 Å². The summed E-state index contributed by atoms with van der Waals surface area (Å²) in [5.41, 5.74) is 5.47. The van der Waals surface area contributed by atoms with E-state index in [1.165, 1.54) is 0 Å². The topological polar surface area (TPSA) is 62.4 Å². The van der Waals surface area contributed by atoms with Gasteiger partial charge in [-0.05, 0) is 13.8 Å². The summed E-state index contributed by atoms with van der Waals surface area (Å²) >= 11 is 0. The number of piperazine rings is 1. The van der Waals surface area contributed by atoms with Gasteiger partial charge in [0.1, 0.15) is 0 Å². The van der Waals surface area contributed by atoms with Crippen molar-refractivity contribution in [3.05, 3.63) is 6.20 Å². The van der Waals surface area contributed by atoms with E-state index in [1.54, 1.807) is 11.0 Å². The quantitative estimate of drug-likeness (QED) is 0.651. The maximum atomic E-state index is 5.47. The molecule has 0 atom stereocenters. The lowest BCUT2D eigenvalue weighted by Gasteiger charge is -2.32. The van der Waals surface area contributed by atoms with Crippen LogP contribution in [0.15, 0.2) is 10.7 Å². The first-order valence-electron chi connectivity index (χ1n) is 5.30. The monoisotopic (exact) mass is 212 g/mol. The van der Waals surface area contributed by atoms with E-state index in [2.05, 4.69) is 29.0 Å². The SMILES string of the molecule is CC(C)N1CCN([n+]2cc(N)on2)CC1. The third-order valence-corrected chi connectivity index (χ3v) is 2.78. The molecule has 0 aromatic carbocycles. The largest absolute Gasteiger partial charge is 0.362 e. The highest BCUT2D eigenvalue weighted by atomic mass is 16.5. The maximum absolute atomic E-state index is 5.47. The van der Waals surface area contributed by atoms with Crippen LogP contribution in [0, 0.1) is 0 Å². The first-order valence-corrected chi connectivity index (χ1v) is 5.30. The first kappa shape index (κ1) is 10.2. The van der Waals surface area contributed by atoms with Crippen LogP contribution in [-0.4, -0.2) is 42.4 Å². The molecular weight excluding hydrogens is 194 g/mol. The van der Waals surface area contributed by atoms with E-state index in [-0.39, 0.29) is 0 Å². The minimum Gasteiger partial charge on any atom is -0.362 e. The van der Waals surface area contributed by atoms with Crippen molar-refractivity contribution >= 4 is 5.88 Å². The summed E-state index contributed by atoms with van der Waals surface area (Å²) in [4.78, 5) is 4.13. The van der Waals surface area contributed by atoms with Crippen molar-refractivity contribution in [2.45, 2.75) is 19.9 Å². The highest BCUT2D eigenvalue weighted by Gasteiger charge is 2.26. The van der Waals surface area contributed by atoms with Crippen molar-refractivity contribution in [1.29, 1.82) is 0 Å². The predicted molar refractivity (Wildman–Crippen MR) is 55.8 cm³/mol. The van der Waals surface area contributed by atoms with Crippen LogP contribution in [0.4, 0.5) is 5.88 Å². The first-order chi connectivity index (χ1) is 7.16. The summed E-state index contributed by atoms with van der Waals surface area (Å²) in [5, 5.41) is 5.96. The Balaban J connectivity index is 1.93. The van der Waals surface area contributed by atoms with Gasteiger partial charge in [0.05, 0.1) is 17.9 Å². The Bertz CT molecular complexity index is 316. The lowest BCUT2D eigenvalue weighted by molar-refractivity contribution is -0.759. The van der Waals surface area contributed by atoms with Gasteiger partial charge >= 0.3 is 0 Å². The molecule has 6 heteroatoms. The molecule has 0 aliphatic carbocycles. The average Bonchev–Trinajstić information content (AvgIpc) is 2.65.